The van der Waals surface area contributed by atoms with Crippen LogP contribution in [0.4, 0.5) is 0 Å². The maximum absolute atomic E-state index is 6.39. The summed E-state index contributed by atoms with van der Waals surface area (Å²) < 4.78 is 6.39. The van der Waals surface area contributed by atoms with E-state index in [1.54, 1.807) is 0 Å². The lowest BCUT2D eigenvalue weighted by atomic mass is 9.70. The Morgan fingerprint density at radius 3 is 2.65 bits per heavy atom. The minimum Gasteiger partial charge on any atom is -0.489 e. The van der Waals surface area contributed by atoms with Crippen molar-refractivity contribution >= 4 is 11.6 Å². The van der Waals surface area contributed by atoms with Crippen LogP contribution in [0, 0.1) is 16.7 Å². The molecule has 2 bridgehead atoms. The van der Waals surface area contributed by atoms with Gasteiger partial charge in [0, 0.05) is 22.5 Å². The first-order valence-electron chi connectivity index (χ1n) is 7.54. The Labute approximate surface area is 126 Å². The molecule has 0 radical (unpaired) electrons. The minimum absolute atomic E-state index is 0.256. The molecular weight excluding hydrogens is 270 g/mol. The van der Waals surface area contributed by atoms with E-state index < -0.39 is 0 Å². The van der Waals surface area contributed by atoms with E-state index >= 15 is 0 Å². The van der Waals surface area contributed by atoms with Gasteiger partial charge in [-0.1, -0.05) is 38.4 Å². The molecule has 0 aromatic heterocycles. The van der Waals surface area contributed by atoms with Crippen molar-refractivity contribution in [3.63, 3.8) is 0 Å². The van der Waals surface area contributed by atoms with Crippen LogP contribution >= 0.6 is 11.6 Å². The number of nitrogens with two attached hydrogens (primary N) is 1. The number of fused-ring (bicyclic) bond motifs is 2. The summed E-state index contributed by atoms with van der Waals surface area (Å²) in [5.74, 6) is 1.65. The molecule has 0 heterocycles. The van der Waals surface area contributed by atoms with E-state index in [0.717, 1.165) is 23.7 Å². The fourth-order valence-corrected chi connectivity index (χ4v) is 4.55. The summed E-state index contributed by atoms with van der Waals surface area (Å²) in [6, 6.07) is 5.82. The maximum Gasteiger partial charge on any atom is 0.125 e. The highest BCUT2D eigenvalue weighted by atomic mass is 35.5. The van der Waals surface area contributed by atoms with Crippen LogP contribution in [0.3, 0.4) is 0 Å². The van der Waals surface area contributed by atoms with E-state index in [1.807, 2.05) is 18.2 Å². The lowest BCUT2D eigenvalue weighted by Crippen LogP contribution is -2.39. The first-order chi connectivity index (χ1) is 9.40. The highest BCUT2D eigenvalue weighted by molar-refractivity contribution is 6.31. The molecule has 0 spiro atoms. The number of rotatable bonds is 3. The largest absolute Gasteiger partial charge is 0.489 e. The van der Waals surface area contributed by atoms with Gasteiger partial charge in [0.25, 0.3) is 0 Å². The smallest absolute Gasteiger partial charge is 0.125 e. The summed E-state index contributed by atoms with van der Waals surface area (Å²) in [6.45, 7) is 7.61. The highest BCUT2D eigenvalue weighted by Gasteiger charge is 2.62. The van der Waals surface area contributed by atoms with Crippen LogP contribution in [0.25, 0.3) is 0 Å². The normalized spacial score (nSPS) is 34.5. The predicted molar refractivity (Wildman–Crippen MR) is 83.0 cm³/mol. The Morgan fingerprint density at radius 2 is 2.10 bits per heavy atom. The van der Waals surface area contributed by atoms with E-state index in [0.29, 0.717) is 17.0 Å². The van der Waals surface area contributed by atoms with Crippen LogP contribution in [0.5, 0.6) is 5.75 Å². The molecule has 3 atom stereocenters. The lowest BCUT2D eigenvalue weighted by molar-refractivity contribution is 0.0296. The SMILES string of the molecule is CC1(C)C2CCC1(C)C(Oc1cccc(Cl)c1CN)C2. The predicted octanol–water partition coefficient (Wildman–Crippen LogP) is 4.39. The highest BCUT2D eigenvalue weighted by Crippen LogP contribution is 2.66. The second kappa shape index (κ2) is 4.64. The van der Waals surface area contributed by atoms with Crippen molar-refractivity contribution in [2.24, 2.45) is 22.5 Å². The number of halogens is 1. The Kier molecular flexibility index (Phi) is 3.30. The second-order valence-corrected chi connectivity index (χ2v) is 7.54. The Morgan fingerprint density at radius 1 is 1.35 bits per heavy atom. The summed E-state index contributed by atoms with van der Waals surface area (Å²) in [5.41, 5.74) is 7.37. The van der Waals surface area contributed by atoms with Gasteiger partial charge in [0.15, 0.2) is 0 Å². The fraction of sp³-hybridized carbons (Fsp3) is 0.647. The van der Waals surface area contributed by atoms with Gasteiger partial charge < -0.3 is 10.5 Å². The molecule has 20 heavy (non-hydrogen) atoms. The molecule has 110 valence electrons. The Balaban J connectivity index is 1.89. The third kappa shape index (κ3) is 1.81. The van der Waals surface area contributed by atoms with Crippen LogP contribution < -0.4 is 10.5 Å². The van der Waals surface area contributed by atoms with Gasteiger partial charge in [-0.2, -0.15) is 0 Å². The molecule has 0 aliphatic heterocycles. The second-order valence-electron chi connectivity index (χ2n) is 7.14. The minimum atomic E-state index is 0.256. The van der Waals surface area contributed by atoms with Gasteiger partial charge in [0.05, 0.1) is 0 Å². The maximum atomic E-state index is 6.39. The van der Waals surface area contributed by atoms with E-state index in [2.05, 4.69) is 20.8 Å². The molecular formula is C17H24ClNO. The topological polar surface area (TPSA) is 35.2 Å². The average Bonchev–Trinajstić information content (AvgIpc) is 2.72. The van der Waals surface area contributed by atoms with Crippen molar-refractivity contribution in [2.45, 2.75) is 52.7 Å². The number of hydrogen-bond acceptors (Lipinski definition) is 2. The molecule has 3 unspecified atom stereocenters. The summed E-state index contributed by atoms with van der Waals surface area (Å²) in [7, 11) is 0. The summed E-state index contributed by atoms with van der Waals surface area (Å²) in [6.07, 6.45) is 4.02. The monoisotopic (exact) mass is 293 g/mol. The zero-order valence-electron chi connectivity index (χ0n) is 12.6. The zero-order chi connectivity index (χ0) is 14.5. The standard InChI is InChI=1S/C17H24ClNO/c1-16(2)11-7-8-17(16,3)15(9-11)20-14-6-4-5-13(18)12(14)10-19/h4-6,11,15H,7-10,19H2,1-3H3. The van der Waals surface area contributed by atoms with Gasteiger partial charge in [0.2, 0.25) is 0 Å². The molecule has 1 aromatic rings. The molecule has 2 saturated carbocycles. The zero-order valence-corrected chi connectivity index (χ0v) is 13.3. The van der Waals surface area contributed by atoms with Gasteiger partial charge in [-0.25, -0.2) is 0 Å². The van der Waals surface area contributed by atoms with Gasteiger partial charge in [-0.05, 0) is 42.7 Å². The van der Waals surface area contributed by atoms with Crippen molar-refractivity contribution < 1.29 is 4.74 Å². The third-order valence-electron chi connectivity index (χ3n) is 6.26. The molecule has 2 N–H and O–H groups in total. The summed E-state index contributed by atoms with van der Waals surface area (Å²) >= 11 is 6.22. The van der Waals surface area contributed by atoms with Gasteiger partial charge in [-0.3, -0.25) is 0 Å². The fourth-order valence-electron chi connectivity index (χ4n) is 4.31. The lowest BCUT2D eigenvalue weighted by Gasteiger charge is -2.39. The van der Waals surface area contributed by atoms with E-state index in [1.165, 1.54) is 12.8 Å². The molecule has 2 aliphatic rings. The average molecular weight is 294 g/mol. The van der Waals surface area contributed by atoms with Crippen molar-refractivity contribution in [1.29, 1.82) is 0 Å². The van der Waals surface area contributed by atoms with Gasteiger partial charge >= 0.3 is 0 Å². The van der Waals surface area contributed by atoms with E-state index in [4.69, 9.17) is 22.1 Å². The van der Waals surface area contributed by atoms with Crippen LogP contribution in [-0.2, 0) is 6.54 Å². The van der Waals surface area contributed by atoms with Crippen LogP contribution in [0.2, 0.25) is 5.02 Å². The van der Waals surface area contributed by atoms with Crippen molar-refractivity contribution in [3.05, 3.63) is 28.8 Å². The Bertz CT molecular complexity index is 528. The van der Waals surface area contributed by atoms with Crippen LogP contribution in [-0.4, -0.2) is 6.10 Å². The molecule has 2 fully saturated rings. The van der Waals surface area contributed by atoms with E-state index in [9.17, 15) is 0 Å². The first kappa shape index (κ1) is 14.2. The quantitative estimate of drug-likeness (QED) is 0.897. The molecule has 0 amide bonds. The summed E-state index contributed by atoms with van der Waals surface area (Å²) in [4.78, 5) is 0. The van der Waals surface area contributed by atoms with Crippen molar-refractivity contribution in [1.82, 2.24) is 0 Å². The number of hydrogen-bond donors (Lipinski definition) is 1. The molecule has 3 heteroatoms. The molecule has 3 rings (SSSR count). The van der Waals surface area contributed by atoms with E-state index in [-0.39, 0.29) is 11.5 Å². The number of benzene rings is 1. The Hall–Kier alpha value is -0.730. The molecule has 1 aromatic carbocycles. The van der Waals surface area contributed by atoms with Gasteiger partial charge in [-0.15, -0.1) is 0 Å². The molecule has 2 aliphatic carbocycles. The third-order valence-corrected chi connectivity index (χ3v) is 6.62. The van der Waals surface area contributed by atoms with Gasteiger partial charge in [0.1, 0.15) is 11.9 Å². The molecule has 0 saturated heterocycles. The van der Waals surface area contributed by atoms with Crippen LogP contribution in [0.15, 0.2) is 18.2 Å². The first-order valence-corrected chi connectivity index (χ1v) is 7.92. The molecule has 2 nitrogen and oxygen atoms in total. The van der Waals surface area contributed by atoms with Crippen molar-refractivity contribution in [2.75, 3.05) is 0 Å². The van der Waals surface area contributed by atoms with Crippen LogP contribution in [0.1, 0.15) is 45.6 Å². The van der Waals surface area contributed by atoms with Crippen molar-refractivity contribution in [3.8, 4) is 5.75 Å². The summed E-state index contributed by atoms with van der Waals surface area (Å²) in [5, 5.41) is 0.706. The number of ether oxygens (including phenoxy) is 1.